The lowest BCUT2D eigenvalue weighted by Gasteiger charge is -2.35. The Morgan fingerprint density at radius 3 is 2.77 bits per heavy atom. The van der Waals surface area contributed by atoms with Gasteiger partial charge in [-0.2, -0.15) is 4.98 Å². The topological polar surface area (TPSA) is 62.5 Å². The number of carbonyl (C=O) groups excluding carboxylic acids is 1. The van der Waals surface area contributed by atoms with E-state index >= 15 is 0 Å². The van der Waals surface area contributed by atoms with E-state index < -0.39 is 0 Å². The summed E-state index contributed by atoms with van der Waals surface area (Å²) in [5, 5.41) is 4.08. The molecule has 1 unspecified atom stereocenters. The quantitative estimate of drug-likeness (QED) is 0.839. The minimum atomic E-state index is 0.166. The molecular formula is C16H26N4O2. The SMILES string of the molecule is CCN(CC)C(=O)N1CCCC(Cc2nc(C3CC3)no2)C1. The number of urea groups is 1. The van der Waals surface area contributed by atoms with Crippen molar-refractivity contribution in [2.75, 3.05) is 26.2 Å². The number of rotatable bonds is 5. The number of carbonyl (C=O) groups is 1. The van der Waals surface area contributed by atoms with Crippen LogP contribution in [0.25, 0.3) is 0 Å². The number of aromatic nitrogens is 2. The molecule has 0 N–H and O–H groups in total. The molecule has 0 spiro atoms. The predicted molar refractivity (Wildman–Crippen MR) is 82.6 cm³/mol. The fourth-order valence-corrected chi connectivity index (χ4v) is 3.20. The number of hydrogen-bond acceptors (Lipinski definition) is 4. The first kappa shape index (κ1) is 15.3. The van der Waals surface area contributed by atoms with E-state index in [1.807, 2.05) is 23.6 Å². The molecule has 1 saturated carbocycles. The standard InChI is InChI=1S/C16H26N4O2/c1-3-19(4-2)16(21)20-9-5-6-12(11-20)10-14-17-15(18-22-14)13-7-8-13/h12-13H,3-11H2,1-2H3. The van der Waals surface area contributed by atoms with Gasteiger partial charge in [-0.1, -0.05) is 5.16 Å². The monoisotopic (exact) mass is 306 g/mol. The summed E-state index contributed by atoms with van der Waals surface area (Å²) in [5.74, 6) is 2.58. The lowest BCUT2D eigenvalue weighted by molar-refractivity contribution is 0.129. The third-order valence-corrected chi connectivity index (χ3v) is 4.71. The smallest absolute Gasteiger partial charge is 0.319 e. The highest BCUT2D eigenvalue weighted by Gasteiger charge is 2.30. The molecule has 22 heavy (non-hydrogen) atoms. The van der Waals surface area contributed by atoms with Crippen molar-refractivity contribution in [2.45, 2.75) is 51.9 Å². The summed E-state index contributed by atoms with van der Waals surface area (Å²) in [6.07, 6.45) is 5.36. The maximum absolute atomic E-state index is 12.5. The van der Waals surface area contributed by atoms with Gasteiger partial charge in [0.05, 0.1) is 0 Å². The Morgan fingerprint density at radius 1 is 1.32 bits per heavy atom. The molecule has 3 rings (SSSR count). The van der Waals surface area contributed by atoms with Crippen LogP contribution < -0.4 is 0 Å². The van der Waals surface area contributed by atoms with Gasteiger partial charge in [-0.25, -0.2) is 4.79 Å². The fourth-order valence-electron chi connectivity index (χ4n) is 3.20. The molecule has 122 valence electrons. The van der Waals surface area contributed by atoms with Gasteiger partial charge in [-0.3, -0.25) is 0 Å². The molecule has 6 nitrogen and oxygen atoms in total. The number of piperidine rings is 1. The van der Waals surface area contributed by atoms with Gasteiger partial charge >= 0.3 is 6.03 Å². The number of hydrogen-bond donors (Lipinski definition) is 0. The summed E-state index contributed by atoms with van der Waals surface area (Å²) in [5.41, 5.74) is 0. The van der Waals surface area contributed by atoms with E-state index in [1.54, 1.807) is 0 Å². The summed E-state index contributed by atoms with van der Waals surface area (Å²) in [4.78, 5) is 20.8. The van der Waals surface area contributed by atoms with E-state index in [-0.39, 0.29) is 6.03 Å². The predicted octanol–water partition coefficient (Wildman–Crippen LogP) is 2.66. The van der Waals surface area contributed by atoms with Gasteiger partial charge < -0.3 is 14.3 Å². The van der Waals surface area contributed by atoms with Crippen LogP contribution in [0, 0.1) is 5.92 Å². The molecule has 2 fully saturated rings. The highest BCUT2D eigenvalue weighted by atomic mass is 16.5. The Bertz CT molecular complexity index is 508. The first-order valence-corrected chi connectivity index (χ1v) is 8.57. The maximum atomic E-state index is 12.5. The summed E-state index contributed by atoms with van der Waals surface area (Å²) < 4.78 is 5.38. The van der Waals surface area contributed by atoms with E-state index in [2.05, 4.69) is 10.1 Å². The second-order valence-corrected chi connectivity index (χ2v) is 6.43. The Kier molecular flexibility index (Phi) is 4.64. The van der Waals surface area contributed by atoms with Crippen molar-refractivity contribution in [3.8, 4) is 0 Å². The molecule has 1 atom stereocenters. The van der Waals surface area contributed by atoms with E-state index in [0.29, 0.717) is 11.8 Å². The van der Waals surface area contributed by atoms with Crippen LogP contribution in [0.5, 0.6) is 0 Å². The minimum Gasteiger partial charge on any atom is -0.339 e. The Morgan fingerprint density at radius 2 is 2.09 bits per heavy atom. The van der Waals surface area contributed by atoms with Gasteiger partial charge in [-0.05, 0) is 45.4 Å². The van der Waals surface area contributed by atoms with Crippen LogP contribution >= 0.6 is 0 Å². The third kappa shape index (κ3) is 3.42. The first-order chi connectivity index (χ1) is 10.7. The van der Waals surface area contributed by atoms with Gasteiger partial charge in [0.1, 0.15) is 0 Å². The molecule has 2 amide bonds. The van der Waals surface area contributed by atoms with Crippen molar-refractivity contribution in [3.63, 3.8) is 0 Å². The van der Waals surface area contributed by atoms with Crippen molar-refractivity contribution < 1.29 is 9.32 Å². The van der Waals surface area contributed by atoms with E-state index in [1.165, 1.54) is 12.8 Å². The van der Waals surface area contributed by atoms with Crippen LogP contribution in [0.1, 0.15) is 57.2 Å². The fraction of sp³-hybridized carbons (Fsp3) is 0.812. The van der Waals surface area contributed by atoms with Crippen LogP contribution in [-0.2, 0) is 6.42 Å². The Hall–Kier alpha value is -1.59. The highest BCUT2D eigenvalue weighted by molar-refractivity contribution is 5.74. The van der Waals surface area contributed by atoms with E-state index in [9.17, 15) is 4.79 Å². The van der Waals surface area contributed by atoms with Gasteiger partial charge in [0.2, 0.25) is 5.89 Å². The average molecular weight is 306 g/mol. The molecule has 1 saturated heterocycles. The molecule has 1 aliphatic heterocycles. The van der Waals surface area contributed by atoms with E-state index in [0.717, 1.165) is 57.2 Å². The van der Waals surface area contributed by atoms with E-state index in [4.69, 9.17) is 4.52 Å². The van der Waals surface area contributed by atoms with Crippen molar-refractivity contribution >= 4 is 6.03 Å². The molecule has 1 aromatic rings. The second-order valence-electron chi connectivity index (χ2n) is 6.43. The Balaban J connectivity index is 1.56. The molecule has 0 bridgehead atoms. The summed E-state index contributed by atoms with van der Waals surface area (Å²) in [6, 6.07) is 0.166. The molecule has 1 aliphatic carbocycles. The maximum Gasteiger partial charge on any atom is 0.319 e. The largest absolute Gasteiger partial charge is 0.339 e. The van der Waals surface area contributed by atoms with Crippen molar-refractivity contribution in [3.05, 3.63) is 11.7 Å². The van der Waals surface area contributed by atoms with Crippen LogP contribution in [0.15, 0.2) is 4.52 Å². The summed E-state index contributed by atoms with van der Waals surface area (Å²) in [6.45, 7) is 7.26. The van der Waals surface area contributed by atoms with Gasteiger partial charge in [0, 0.05) is 38.5 Å². The highest BCUT2D eigenvalue weighted by Crippen LogP contribution is 2.38. The minimum absolute atomic E-state index is 0.166. The number of nitrogens with zero attached hydrogens (tertiary/aromatic N) is 4. The zero-order chi connectivity index (χ0) is 15.5. The van der Waals surface area contributed by atoms with Crippen molar-refractivity contribution in [1.29, 1.82) is 0 Å². The molecule has 0 aromatic carbocycles. The molecule has 2 heterocycles. The normalized spacial score (nSPS) is 21.9. The average Bonchev–Trinajstić information content (AvgIpc) is 3.29. The zero-order valence-corrected chi connectivity index (χ0v) is 13.6. The number of amides is 2. The Labute approximate surface area is 131 Å². The van der Waals surface area contributed by atoms with Crippen LogP contribution in [0.4, 0.5) is 4.79 Å². The van der Waals surface area contributed by atoms with Gasteiger partial charge in [0.25, 0.3) is 0 Å². The molecular weight excluding hydrogens is 280 g/mol. The van der Waals surface area contributed by atoms with Gasteiger partial charge in [0.15, 0.2) is 5.82 Å². The first-order valence-electron chi connectivity index (χ1n) is 8.57. The van der Waals surface area contributed by atoms with Crippen LogP contribution in [0.2, 0.25) is 0 Å². The molecule has 1 aromatic heterocycles. The molecule has 0 radical (unpaired) electrons. The summed E-state index contributed by atoms with van der Waals surface area (Å²) >= 11 is 0. The lowest BCUT2D eigenvalue weighted by Crippen LogP contribution is -2.47. The second kappa shape index (κ2) is 6.67. The number of likely N-dealkylation sites (tertiary alicyclic amines) is 1. The van der Waals surface area contributed by atoms with Crippen LogP contribution in [0.3, 0.4) is 0 Å². The van der Waals surface area contributed by atoms with Crippen LogP contribution in [-0.4, -0.2) is 52.2 Å². The van der Waals surface area contributed by atoms with Crippen molar-refractivity contribution in [2.24, 2.45) is 5.92 Å². The summed E-state index contributed by atoms with van der Waals surface area (Å²) in [7, 11) is 0. The zero-order valence-electron chi connectivity index (χ0n) is 13.6. The third-order valence-electron chi connectivity index (χ3n) is 4.71. The lowest BCUT2D eigenvalue weighted by atomic mass is 9.95. The van der Waals surface area contributed by atoms with Crippen molar-refractivity contribution in [1.82, 2.24) is 19.9 Å². The molecule has 2 aliphatic rings. The van der Waals surface area contributed by atoms with Gasteiger partial charge in [-0.15, -0.1) is 0 Å². The molecule has 6 heteroatoms.